The number of hydrogen-bond donors (Lipinski definition) is 0. The van der Waals surface area contributed by atoms with Crippen molar-refractivity contribution < 1.29 is 0 Å². The highest BCUT2D eigenvalue weighted by molar-refractivity contribution is 7.99. The topological polar surface area (TPSA) is 147 Å². The van der Waals surface area contributed by atoms with E-state index in [0.717, 1.165) is 88.1 Å². The Hall–Kier alpha value is -5.60. The average Bonchev–Trinajstić information content (AvgIpc) is 3.20. The maximum atomic E-state index is 9.51. The molecular formula is C48H44N8S4. The van der Waals surface area contributed by atoms with Crippen molar-refractivity contribution in [1.29, 1.82) is 21.0 Å². The van der Waals surface area contributed by atoms with Crippen LogP contribution < -0.4 is 0 Å². The van der Waals surface area contributed by atoms with Gasteiger partial charge in [0.05, 0.1) is 22.3 Å². The first-order valence-corrected chi connectivity index (χ1v) is 23.0. The van der Waals surface area contributed by atoms with Crippen molar-refractivity contribution in [3.63, 3.8) is 0 Å². The summed E-state index contributed by atoms with van der Waals surface area (Å²) in [5.74, 6) is 2.92. The number of nitriles is 4. The van der Waals surface area contributed by atoms with Crippen LogP contribution >= 0.6 is 47.0 Å². The van der Waals surface area contributed by atoms with E-state index in [-0.39, 0.29) is 0 Å². The van der Waals surface area contributed by atoms with Crippen molar-refractivity contribution in [3.05, 3.63) is 162 Å². The third-order valence-corrected chi connectivity index (χ3v) is 13.5. The van der Waals surface area contributed by atoms with Gasteiger partial charge in [0.1, 0.15) is 44.4 Å². The molecule has 0 fully saturated rings. The van der Waals surface area contributed by atoms with Gasteiger partial charge in [0.15, 0.2) is 0 Å². The molecule has 8 nitrogen and oxygen atoms in total. The first-order chi connectivity index (χ1) is 28.8. The second-order valence-corrected chi connectivity index (χ2v) is 18.0. The van der Waals surface area contributed by atoms with Gasteiger partial charge in [0, 0.05) is 45.8 Å². The molecule has 0 spiro atoms. The van der Waals surface area contributed by atoms with E-state index < -0.39 is 0 Å². The molecule has 0 radical (unpaired) electrons. The lowest BCUT2D eigenvalue weighted by Crippen LogP contribution is -1.97. The summed E-state index contributed by atoms with van der Waals surface area (Å²) in [5.41, 5.74) is 14.9. The molecule has 0 amide bonds. The molecule has 0 saturated heterocycles. The summed E-state index contributed by atoms with van der Waals surface area (Å²) in [6.07, 6.45) is 0. The van der Waals surface area contributed by atoms with E-state index in [1.807, 2.05) is 104 Å². The minimum absolute atomic E-state index is 0.649. The fraction of sp³-hybridized carbons (Fsp3) is 0.250. The maximum absolute atomic E-state index is 9.51. The predicted molar refractivity (Wildman–Crippen MR) is 245 cm³/mol. The molecular weight excluding hydrogens is 817 g/mol. The van der Waals surface area contributed by atoms with E-state index in [0.29, 0.717) is 22.3 Å². The molecule has 0 unspecified atom stereocenters. The van der Waals surface area contributed by atoms with E-state index in [2.05, 4.69) is 68.5 Å². The third kappa shape index (κ3) is 11.8. The van der Waals surface area contributed by atoms with Gasteiger partial charge in [0.2, 0.25) is 0 Å². The highest BCUT2D eigenvalue weighted by Gasteiger charge is 2.15. The molecule has 60 heavy (non-hydrogen) atoms. The summed E-state index contributed by atoms with van der Waals surface area (Å²) >= 11 is 6.36. The van der Waals surface area contributed by atoms with Gasteiger partial charge < -0.3 is 0 Å². The van der Waals surface area contributed by atoms with Crippen LogP contribution in [-0.2, 0) is 23.0 Å². The standard InChI is InChI=1S/2C24H22N4S2/c2*1-15-9-17(3)27-23(21(15)11-25)29-13-19-7-5-6-8-20(19)14-30-24-22(12-26)16(2)10-18(4)28-24/h2*5-10H,13-14H2,1-4H3. The monoisotopic (exact) mass is 860 g/mol. The second-order valence-electron chi connectivity index (χ2n) is 14.2. The molecule has 0 aliphatic heterocycles. The molecule has 0 bridgehead atoms. The first kappa shape index (κ1) is 45.5. The summed E-state index contributed by atoms with van der Waals surface area (Å²) in [6.45, 7) is 15.6. The zero-order valence-electron chi connectivity index (χ0n) is 35.0. The molecule has 6 rings (SSSR count). The minimum atomic E-state index is 0.649. The molecule has 0 saturated carbocycles. The zero-order chi connectivity index (χ0) is 43.3. The number of aromatic nitrogens is 4. The van der Waals surface area contributed by atoms with Crippen molar-refractivity contribution in [3.8, 4) is 24.3 Å². The van der Waals surface area contributed by atoms with E-state index in [4.69, 9.17) is 0 Å². The number of pyridine rings is 4. The highest BCUT2D eigenvalue weighted by Crippen LogP contribution is 2.34. The number of aryl methyl sites for hydroxylation is 8. The number of benzene rings is 2. The largest absolute Gasteiger partial charge is 0.245 e. The van der Waals surface area contributed by atoms with E-state index in [1.54, 1.807) is 47.0 Å². The molecule has 0 atom stereocenters. The minimum Gasteiger partial charge on any atom is -0.245 e. The Kier molecular flexibility index (Phi) is 16.4. The van der Waals surface area contributed by atoms with Crippen molar-refractivity contribution in [1.82, 2.24) is 19.9 Å². The Balaban J connectivity index is 0.000000228. The highest BCUT2D eigenvalue weighted by atomic mass is 32.2. The average molecular weight is 861 g/mol. The van der Waals surface area contributed by atoms with Crippen LogP contribution in [0.1, 0.15) is 89.5 Å². The molecule has 4 heterocycles. The molecule has 2 aromatic carbocycles. The third-order valence-electron chi connectivity index (χ3n) is 9.39. The summed E-state index contributed by atoms with van der Waals surface area (Å²) < 4.78 is 0. The Morgan fingerprint density at radius 3 is 0.750 bits per heavy atom. The normalized spacial score (nSPS) is 10.5. The van der Waals surface area contributed by atoms with Crippen LogP contribution in [0.3, 0.4) is 0 Å². The number of nitrogens with zero attached hydrogens (tertiary/aromatic N) is 8. The van der Waals surface area contributed by atoms with E-state index in [1.165, 1.54) is 22.3 Å². The molecule has 6 aromatic rings. The van der Waals surface area contributed by atoms with Crippen molar-refractivity contribution >= 4 is 47.0 Å². The second kappa shape index (κ2) is 21.6. The van der Waals surface area contributed by atoms with Crippen LogP contribution in [0.5, 0.6) is 0 Å². The molecule has 0 aliphatic rings. The van der Waals surface area contributed by atoms with Crippen molar-refractivity contribution in [2.24, 2.45) is 0 Å². The summed E-state index contributed by atoms with van der Waals surface area (Å²) in [4.78, 5) is 18.3. The predicted octanol–water partition coefficient (Wildman–Crippen LogP) is 12.1. The molecule has 0 aliphatic carbocycles. The number of thioether (sulfide) groups is 4. The summed E-state index contributed by atoms with van der Waals surface area (Å²) in [6, 6.07) is 33.5. The van der Waals surface area contributed by atoms with Gasteiger partial charge >= 0.3 is 0 Å². The fourth-order valence-corrected chi connectivity index (χ4v) is 11.0. The van der Waals surface area contributed by atoms with Crippen LogP contribution in [0.15, 0.2) is 92.9 Å². The Morgan fingerprint density at radius 2 is 0.567 bits per heavy atom. The van der Waals surface area contributed by atoms with Gasteiger partial charge in [-0.2, -0.15) is 21.0 Å². The van der Waals surface area contributed by atoms with Crippen LogP contribution in [0.25, 0.3) is 0 Å². The number of rotatable bonds is 12. The van der Waals surface area contributed by atoms with Crippen molar-refractivity contribution in [2.75, 3.05) is 0 Å². The fourth-order valence-electron chi connectivity index (χ4n) is 6.43. The smallest absolute Gasteiger partial charge is 0.115 e. The number of hydrogen-bond acceptors (Lipinski definition) is 12. The van der Waals surface area contributed by atoms with Gasteiger partial charge in [-0.25, -0.2) is 19.9 Å². The lowest BCUT2D eigenvalue weighted by Gasteiger charge is -2.12. The summed E-state index contributed by atoms with van der Waals surface area (Å²) in [5, 5.41) is 41.1. The van der Waals surface area contributed by atoms with Gasteiger partial charge in [-0.3, -0.25) is 0 Å². The molecule has 12 heteroatoms. The Labute approximate surface area is 371 Å². The lowest BCUT2D eigenvalue weighted by molar-refractivity contribution is 1.03. The maximum Gasteiger partial charge on any atom is 0.115 e. The van der Waals surface area contributed by atoms with Crippen LogP contribution in [0.4, 0.5) is 0 Å². The van der Waals surface area contributed by atoms with Crippen LogP contribution in [-0.4, -0.2) is 19.9 Å². The van der Waals surface area contributed by atoms with Crippen LogP contribution in [0.2, 0.25) is 0 Å². The van der Waals surface area contributed by atoms with Gasteiger partial charge in [0.25, 0.3) is 0 Å². The Bertz CT molecular complexity index is 2350. The van der Waals surface area contributed by atoms with Gasteiger partial charge in [-0.05, 0) is 124 Å². The van der Waals surface area contributed by atoms with E-state index >= 15 is 0 Å². The van der Waals surface area contributed by atoms with Gasteiger partial charge in [-0.1, -0.05) is 48.5 Å². The SMILES string of the molecule is Cc1cc(C)c(C#N)c(SCc2ccccc2CSc2nc(C)cc(C)c2C#N)n1.Cc1cc(C)c(C#N)c(SCc2ccccc2CSc2nc(C)cc(C)c2C#N)n1. The van der Waals surface area contributed by atoms with Crippen molar-refractivity contribution in [2.45, 2.75) is 98.5 Å². The molecule has 0 N–H and O–H groups in total. The van der Waals surface area contributed by atoms with E-state index in [9.17, 15) is 21.0 Å². The Morgan fingerprint density at radius 1 is 0.367 bits per heavy atom. The van der Waals surface area contributed by atoms with Gasteiger partial charge in [-0.15, -0.1) is 47.0 Å². The summed E-state index contributed by atoms with van der Waals surface area (Å²) in [7, 11) is 0. The quantitative estimate of drug-likeness (QED) is 0.108. The molecule has 300 valence electrons. The van der Waals surface area contributed by atoms with Crippen LogP contribution in [0, 0.1) is 101 Å². The first-order valence-electron chi connectivity index (χ1n) is 19.0. The molecule has 4 aromatic heterocycles. The zero-order valence-corrected chi connectivity index (χ0v) is 38.2. The lowest BCUT2D eigenvalue weighted by atomic mass is 10.1.